The van der Waals surface area contributed by atoms with Crippen molar-refractivity contribution >= 4 is 11.3 Å². The van der Waals surface area contributed by atoms with Crippen LogP contribution in [0.25, 0.3) is 0 Å². The van der Waals surface area contributed by atoms with E-state index in [9.17, 15) is 8.78 Å². The molecule has 0 saturated carbocycles. The number of halogens is 2. The van der Waals surface area contributed by atoms with Crippen LogP contribution in [0.3, 0.4) is 0 Å². The van der Waals surface area contributed by atoms with Crippen molar-refractivity contribution in [2.75, 3.05) is 7.05 Å². The number of aromatic nitrogens is 1. The lowest BCUT2D eigenvalue weighted by Gasteiger charge is -2.14. The van der Waals surface area contributed by atoms with Gasteiger partial charge in [0, 0.05) is 5.38 Å². The van der Waals surface area contributed by atoms with Crippen LogP contribution < -0.4 is 5.32 Å². The molecule has 0 aliphatic heterocycles. The average Bonchev–Trinajstić information content (AvgIpc) is 2.84. The zero-order valence-electron chi connectivity index (χ0n) is 11.1. The molecule has 102 valence electrons. The maximum absolute atomic E-state index is 13.3. The molecule has 0 saturated heterocycles. The third-order valence-corrected chi connectivity index (χ3v) is 3.87. The van der Waals surface area contributed by atoms with E-state index >= 15 is 0 Å². The summed E-state index contributed by atoms with van der Waals surface area (Å²) < 4.78 is 26.3. The van der Waals surface area contributed by atoms with Crippen LogP contribution in [0.2, 0.25) is 0 Å². The molecule has 1 N–H and O–H groups in total. The molecule has 0 amide bonds. The molecular weight excluding hydrogens is 266 g/mol. The van der Waals surface area contributed by atoms with E-state index in [1.165, 1.54) is 17.4 Å². The molecule has 2 rings (SSSR count). The molecule has 0 aliphatic rings. The molecule has 1 atom stereocenters. The van der Waals surface area contributed by atoms with Crippen LogP contribution in [0.15, 0.2) is 23.6 Å². The van der Waals surface area contributed by atoms with Crippen LogP contribution in [0, 0.1) is 11.6 Å². The minimum Gasteiger partial charge on any atom is -0.307 e. The fraction of sp³-hybridized carbons (Fsp3) is 0.357. The van der Waals surface area contributed by atoms with E-state index in [0.29, 0.717) is 11.5 Å². The molecule has 0 fully saturated rings. The van der Waals surface area contributed by atoms with Crippen molar-refractivity contribution in [1.82, 2.24) is 10.3 Å². The highest BCUT2D eigenvalue weighted by Gasteiger charge is 2.18. The van der Waals surface area contributed by atoms with Crippen molar-refractivity contribution in [3.63, 3.8) is 0 Å². The molecule has 5 heteroatoms. The number of hydrogen-bond donors (Lipinski definition) is 1. The van der Waals surface area contributed by atoms with Gasteiger partial charge in [0.2, 0.25) is 0 Å². The molecule has 2 nitrogen and oxygen atoms in total. The highest BCUT2D eigenvalue weighted by atomic mass is 32.1. The van der Waals surface area contributed by atoms with Crippen LogP contribution in [0.4, 0.5) is 8.78 Å². The monoisotopic (exact) mass is 282 g/mol. The van der Waals surface area contributed by atoms with Gasteiger partial charge in [-0.05, 0) is 30.7 Å². The van der Waals surface area contributed by atoms with Gasteiger partial charge in [0.15, 0.2) is 11.6 Å². The van der Waals surface area contributed by atoms with Crippen molar-refractivity contribution in [2.45, 2.75) is 25.8 Å². The van der Waals surface area contributed by atoms with Gasteiger partial charge in [0.05, 0.1) is 11.7 Å². The molecule has 0 aliphatic carbocycles. The van der Waals surface area contributed by atoms with Crippen molar-refractivity contribution in [3.05, 3.63) is 51.5 Å². The van der Waals surface area contributed by atoms with Gasteiger partial charge < -0.3 is 5.32 Å². The first-order chi connectivity index (χ1) is 9.02. The molecule has 1 aromatic carbocycles. The van der Waals surface area contributed by atoms with Crippen LogP contribution >= 0.6 is 11.3 Å². The summed E-state index contributed by atoms with van der Waals surface area (Å²) in [5.74, 6) is -1.31. The van der Waals surface area contributed by atoms with E-state index in [0.717, 1.165) is 16.8 Å². The maximum atomic E-state index is 13.3. The van der Waals surface area contributed by atoms with Gasteiger partial charge in [0.25, 0.3) is 0 Å². The number of rotatable bonds is 4. The van der Waals surface area contributed by atoms with Crippen LogP contribution in [-0.2, 0) is 0 Å². The van der Waals surface area contributed by atoms with Gasteiger partial charge >= 0.3 is 0 Å². The fourth-order valence-corrected chi connectivity index (χ4v) is 2.94. The lowest BCUT2D eigenvalue weighted by Crippen LogP contribution is -2.18. The van der Waals surface area contributed by atoms with Gasteiger partial charge in [-0.25, -0.2) is 13.8 Å². The maximum Gasteiger partial charge on any atom is 0.159 e. The zero-order valence-corrected chi connectivity index (χ0v) is 11.9. The first-order valence-electron chi connectivity index (χ1n) is 6.10. The third-order valence-electron chi connectivity index (χ3n) is 2.94. The largest absolute Gasteiger partial charge is 0.307 e. The van der Waals surface area contributed by atoms with Gasteiger partial charge in [-0.1, -0.05) is 19.9 Å². The third kappa shape index (κ3) is 2.98. The summed E-state index contributed by atoms with van der Waals surface area (Å²) in [6.07, 6.45) is 0. The summed E-state index contributed by atoms with van der Waals surface area (Å²) >= 11 is 1.53. The summed E-state index contributed by atoms with van der Waals surface area (Å²) in [7, 11) is 1.78. The molecule has 0 spiro atoms. The van der Waals surface area contributed by atoms with Gasteiger partial charge in [-0.2, -0.15) is 0 Å². The Kier molecular flexibility index (Phi) is 4.27. The van der Waals surface area contributed by atoms with Gasteiger partial charge in [-0.15, -0.1) is 11.3 Å². The Hall–Kier alpha value is -1.33. The minimum atomic E-state index is -0.835. The van der Waals surface area contributed by atoms with E-state index in [-0.39, 0.29) is 6.04 Å². The van der Waals surface area contributed by atoms with Crippen LogP contribution in [0.5, 0.6) is 0 Å². The number of benzene rings is 1. The van der Waals surface area contributed by atoms with E-state index in [1.54, 1.807) is 13.1 Å². The number of hydrogen-bond acceptors (Lipinski definition) is 3. The summed E-state index contributed by atoms with van der Waals surface area (Å²) in [5.41, 5.74) is 1.69. The van der Waals surface area contributed by atoms with E-state index in [1.807, 2.05) is 5.38 Å². The standard InChI is InChI=1S/C14H16F2N2S/c1-8(2)12-7-19-14(18-12)13(17-3)9-4-5-10(15)11(16)6-9/h4-8,13,17H,1-3H3. The van der Waals surface area contributed by atoms with Gasteiger partial charge in [0.1, 0.15) is 5.01 Å². The first-order valence-corrected chi connectivity index (χ1v) is 6.98. The molecule has 19 heavy (non-hydrogen) atoms. The topological polar surface area (TPSA) is 24.9 Å². The number of nitrogens with one attached hydrogen (secondary N) is 1. The summed E-state index contributed by atoms with van der Waals surface area (Å²) in [5, 5.41) is 5.96. The molecule has 1 unspecified atom stereocenters. The lowest BCUT2D eigenvalue weighted by molar-refractivity contribution is 0.505. The molecule has 1 aromatic heterocycles. The van der Waals surface area contributed by atoms with Crippen molar-refractivity contribution in [2.24, 2.45) is 0 Å². The smallest absolute Gasteiger partial charge is 0.159 e. The number of nitrogens with zero attached hydrogens (tertiary/aromatic N) is 1. The second-order valence-electron chi connectivity index (χ2n) is 4.66. The SMILES string of the molecule is CNC(c1ccc(F)c(F)c1)c1nc(C(C)C)cs1. The Labute approximate surface area is 115 Å². The average molecular weight is 282 g/mol. The van der Waals surface area contributed by atoms with Crippen LogP contribution in [0.1, 0.15) is 42.1 Å². The van der Waals surface area contributed by atoms with Crippen molar-refractivity contribution in [1.29, 1.82) is 0 Å². The highest BCUT2D eigenvalue weighted by Crippen LogP contribution is 2.28. The quantitative estimate of drug-likeness (QED) is 0.921. The minimum absolute atomic E-state index is 0.215. The van der Waals surface area contributed by atoms with Gasteiger partial charge in [-0.3, -0.25) is 0 Å². The Morgan fingerprint density at radius 2 is 1.95 bits per heavy atom. The predicted octanol–water partition coefficient (Wildman–Crippen LogP) is 3.85. The Balaban J connectivity index is 2.35. The Morgan fingerprint density at radius 1 is 1.21 bits per heavy atom. The Bertz CT molecular complexity index is 566. The first kappa shape index (κ1) is 14.1. The fourth-order valence-electron chi connectivity index (χ4n) is 1.82. The highest BCUT2D eigenvalue weighted by molar-refractivity contribution is 7.09. The summed E-state index contributed by atoms with van der Waals surface area (Å²) in [6.45, 7) is 4.15. The van der Waals surface area contributed by atoms with Crippen molar-refractivity contribution < 1.29 is 8.78 Å². The van der Waals surface area contributed by atoms with E-state index in [4.69, 9.17) is 0 Å². The second kappa shape index (κ2) is 5.75. The summed E-state index contributed by atoms with van der Waals surface area (Å²) in [4.78, 5) is 4.55. The Morgan fingerprint density at radius 3 is 2.47 bits per heavy atom. The summed E-state index contributed by atoms with van der Waals surface area (Å²) in [6, 6.07) is 3.72. The lowest BCUT2D eigenvalue weighted by atomic mass is 10.1. The second-order valence-corrected chi connectivity index (χ2v) is 5.55. The van der Waals surface area contributed by atoms with Crippen molar-refractivity contribution in [3.8, 4) is 0 Å². The normalized spacial score (nSPS) is 12.9. The van der Waals surface area contributed by atoms with E-state index in [2.05, 4.69) is 24.1 Å². The molecule has 0 radical (unpaired) electrons. The number of thiazole rings is 1. The predicted molar refractivity (Wildman–Crippen MR) is 73.5 cm³/mol. The van der Waals surface area contributed by atoms with Crippen LogP contribution in [-0.4, -0.2) is 12.0 Å². The zero-order chi connectivity index (χ0) is 14.0. The molecule has 1 heterocycles. The molecule has 2 aromatic rings. The van der Waals surface area contributed by atoms with E-state index < -0.39 is 11.6 Å². The molecular formula is C14H16F2N2S. The molecule has 0 bridgehead atoms.